The van der Waals surface area contributed by atoms with Crippen LogP contribution in [-0.4, -0.2) is 55.1 Å². The minimum Gasteiger partial charge on any atom is -0.382 e. The summed E-state index contributed by atoms with van der Waals surface area (Å²) >= 11 is 6.03. The maximum Gasteiger partial charge on any atom is 0.397 e. The van der Waals surface area contributed by atoms with Crippen LogP contribution in [0.4, 0.5) is 5.69 Å². The zero-order valence-electron chi connectivity index (χ0n) is 15.6. The van der Waals surface area contributed by atoms with E-state index in [1.165, 1.54) is 0 Å². The van der Waals surface area contributed by atoms with Crippen molar-refractivity contribution in [3.8, 4) is 0 Å². The summed E-state index contributed by atoms with van der Waals surface area (Å²) in [7, 11) is -4.37. The van der Waals surface area contributed by atoms with Gasteiger partial charge in [0, 0.05) is 34.9 Å². The quantitative estimate of drug-likeness (QED) is 0.541. The van der Waals surface area contributed by atoms with Crippen LogP contribution in [0.15, 0.2) is 30.5 Å². The summed E-state index contributed by atoms with van der Waals surface area (Å²) < 4.78 is 34.1. The SMILES string of the molecule is CCN(CCCC(C)Nc1ccnc2cc(Cl)ccc12)CCOS(=O)(=O)O. The van der Waals surface area contributed by atoms with Gasteiger partial charge in [0.05, 0.1) is 12.1 Å². The normalized spacial score (nSPS) is 13.2. The van der Waals surface area contributed by atoms with E-state index in [0.29, 0.717) is 11.6 Å². The summed E-state index contributed by atoms with van der Waals surface area (Å²) in [5.74, 6) is 0. The van der Waals surface area contributed by atoms with Gasteiger partial charge in [0.2, 0.25) is 0 Å². The summed E-state index contributed by atoms with van der Waals surface area (Å²) in [6.45, 7) is 6.14. The van der Waals surface area contributed by atoms with E-state index in [2.05, 4.69) is 26.3 Å². The van der Waals surface area contributed by atoms with Gasteiger partial charge in [-0.2, -0.15) is 8.42 Å². The number of halogens is 1. The minimum atomic E-state index is -4.37. The molecule has 0 saturated heterocycles. The molecule has 0 spiro atoms. The molecule has 2 N–H and O–H groups in total. The molecule has 1 aromatic carbocycles. The Balaban J connectivity index is 1.81. The highest BCUT2D eigenvalue weighted by atomic mass is 35.5. The van der Waals surface area contributed by atoms with Crippen LogP contribution < -0.4 is 5.32 Å². The van der Waals surface area contributed by atoms with Crippen molar-refractivity contribution in [3.63, 3.8) is 0 Å². The summed E-state index contributed by atoms with van der Waals surface area (Å²) in [6.07, 6.45) is 3.66. The van der Waals surface area contributed by atoms with Gasteiger partial charge in [-0.25, -0.2) is 4.18 Å². The van der Waals surface area contributed by atoms with Crippen molar-refractivity contribution in [1.29, 1.82) is 0 Å². The second-order valence-electron chi connectivity index (χ2n) is 6.39. The fourth-order valence-electron chi connectivity index (χ4n) is 2.91. The zero-order valence-corrected chi connectivity index (χ0v) is 17.1. The first-order valence-corrected chi connectivity index (χ1v) is 10.7. The molecule has 150 valence electrons. The second kappa shape index (κ2) is 10.2. The summed E-state index contributed by atoms with van der Waals surface area (Å²) in [5.41, 5.74) is 1.88. The molecule has 0 aliphatic carbocycles. The molecule has 0 amide bonds. The Hall–Kier alpha value is -1.45. The molecular weight excluding hydrogens is 390 g/mol. The van der Waals surface area contributed by atoms with E-state index in [4.69, 9.17) is 16.2 Å². The number of rotatable bonds is 11. The number of anilines is 1. The Kier molecular flexibility index (Phi) is 8.25. The van der Waals surface area contributed by atoms with Crippen molar-refractivity contribution in [1.82, 2.24) is 9.88 Å². The Morgan fingerprint density at radius 1 is 1.33 bits per heavy atom. The highest BCUT2D eigenvalue weighted by Crippen LogP contribution is 2.25. The van der Waals surface area contributed by atoms with E-state index in [9.17, 15) is 8.42 Å². The molecule has 0 fully saturated rings. The van der Waals surface area contributed by atoms with Crippen LogP contribution in [-0.2, 0) is 14.6 Å². The molecule has 0 saturated carbocycles. The zero-order chi connectivity index (χ0) is 19.9. The molecule has 1 atom stereocenters. The Labute approximate surface area is 165 Å². The maximum absolute atomic E-state index is 10.6. The molecule has 0 bridgehead atoms. The van der Waals surface area contributed by atoms with Crippen LogP contribution >= 0.6 is 11.6 Å². The van der Waals surface area contributed by atoms with E-state index in [1.54, 1.807) is 6.20 Å². The standard InChI is InChI=1S/C18H26ClN3O4S/c1-3-22(11-12-26-27(23,24)25)10-4-5-14(2)21-17-8-9-20-18-13-15(19)6-7-16(17)18/h6-9,13-14H,3-5,10-12H2,1-2H3,(H,20,21)(H,23,24,25). The average Bonchev–Trinajstić information content (AvgIpc) is 2.59. The van der Waals surface area contributed by atoms with Crippen LogP contribution in [0.3, 0.4) is 0 Å². The van der Waals surface area contributed by atoms with Gasteiger partial charge in [-0.1, -0.05) is 18.5 Å². The van der Waals surface area contributed by atoms with Gasteiger partial charge < -0.3 is 10.2 Å². The maximum atomic E-state index is 10.6. The minimum absolute atomic E-state index is 0.0496. The van der Waals surface area contributed by atoms with Gasteiger partial charge in [0.25, 0.3) is 0 Å². The molecular formula is C18H26ClN3O4S. The van der Waals surface area contributed by atoms with E-state index in [-0.39, 0.29) is 12.6 Å². The van der Waals surface area contributed by atoms with E-state index < -0.39 is 10.4 Å². The van der Waals surface area contributed by atoms with Crippen LogP contribution in [0, 0.1) is 0 Å². The summed E-state index contributed by atoms with van der Waals surface area (Å²) in [5, 5.41) is 5.22. The van der Waals surface area contributed by atoms with Gasteiger partial charge in [-0.15, -0.1) is 0 Å². The number of likely N-dealkylation sites (N-methyl/N-ethyl adjacent to an activating group) is 1. The predicted molar refractivity (Wildman–Crippen MR) is 109 cm³/mol. The molecule has 1 unspecified atom stereocenters. The number of hydrogen-bond acceptors (Lipinski definition) is 6. The largest absolute Gasteiger partial charge is 0.397 e. The topological polar surface area (TPSA) is 91.8 Å². The van der Waals surface area contributed by atoms with Crippen LogP contribution in [0.1, 0.15) is 26.7 Å². The van der Waals surface area contributed by atoms with E-state index in [0.717, 1.165) is 42.5 Å². The lowest BCUT2D eigenvalue weighted by atomic mass is 10.1. The fraction of sp³-hybridized carbons (Fsp3) is 0.500. The van der Waals surface area contributed by atoms with E-state index >= 15 is 0 Å². The number of pyridine rings is 1. The van der Waals surface area contributed by atoms with Gasteiger partial charge >= 0.3 is 10.4 Å². The Bertz CT molecular complexity index is 848. The first-order chi connectivity index (χ1) is 12.8. The molecule has 0 aliphatic heterocycles. The van der Waals surface area contributed by atoms with Crippen molar-refractivity contribution in [2.24, 2.45) is 0 Å². The lowest BCUT2D eigenvalue weighted by molar-refractivity contribution is 0.200. The van der Waals surface area contributed by atoms with Crippen molar-refractivity contribution >= 4 is 38.6 Å². The van der Waals surface area contributed by atoms with Crippen molar-refractivity contribution in [3.05, 3.63) is 35.5 Å². The number of aromatic nitrogens is 1. The van der Waals surface area contributed by atoms with Gasteiger partial charge in [-0.05, 0) is 57.1 Å². The fourth-order valence-corrected chi connectivity index (χ4v) is 3.36. The monoisotopic (exact) mass is 415 g/mol. The molecule has 2 aromatic rings. The average molecular weight is 416 g/mol. The molecule has 9 heteroatoms. The lowest BCUT2D eigenvalue weighted by Crippen LogP contribution is -2.30. The van der Waals surface area contributed by atoms with Crippen LogP contribution in [0.2, 0.25) is 5.02 Å². The summed E-state index contributed by atoms with van der Waals surface area (Å²) in [6, 6.07) is 7.89. The number of fused-ring (bicyclic) bond motifs is 1. The third kappa shape index (κ3) is 7.59. The first-order valence-electron chi connectivity index (χ1n) is 8.93. The highest BCUT2D eigenvalue weighted by molar-refractivity contribution is 7.80. The highest BCUT2D eigenvalue weighted by Gasteiger charge is 2.10. The lowest BCUT2D eigenvalue weighted by Gasteiger charge is -2.22. The summed E-state index contributed by atoms with van der Waals surface area (Å²) in [4.78, 5) is 6.43. The molecule has 0 radical (unpaired) electrons. The van der Waals surface area contributed by atoms with Crippen LogP contribution in [0.5, 0.6) is 0 Å². The third-order valence-corrected chi connectivity index (χ3v) is 5.00. The first kappa shape index (κ1) is 21.8. The van der Waals surface area contributed by atoms with Gasteiger partial charge in [0.1, 0.15) is 0 Å². The van der Waals surface area contributed by atoms with E-state index in [1.807, 2.05) is 31.2 Å². The molecule has 7 nitrogen and oxygen atoms in total. The number of nitrogens with one attached hydrogen (secondary N) is 1. The number of benzene rings is 1. The number of hydrogen-bond donors (Lipinski definition) is 2. The molecule has 0 aliphatic rings. The second-order valence-corrected chi connectivity index (χ2v) is 7.92. The van der Waals surface area contributed by atoms with Crippen molar-refractivity contribution in [2.45, 2.75) is 32.7 Å². The van der Waals surface area contributed by atoms with Gasteiger partial charge in [-0.3, -0.25) is 9.54 Å². The van der Waals surface area contributed by atoms with Crippen molar-refractivity contribution in [2.75, 3.05) is 31.6 Å². The Morgan fingerprint density at radius 2 is 2.11 bits per heavy atom. The Morgan fingerprint density at radius 3 is 2.81 bits per heavy atom. The predicted octanol–water partition coefficient (Wildman–Crippen LogP) is 3.61. The number of nitrogens with zero attached hydrogens (tertiary/aromatic N) is 2. The van der Waals surface area contributed by atoms with Gasteiger partial charge in [0.15, 0.2) is 0 Å². The van der Waals surface area contributed by atoms with Crippen LogP contribution in [0.25, 0.3) is 10.9 Å². The smallest absolute Gasteiger partial charge is 0.382 e. The molecule has 27 heavy (non-hydrogen) atoms. The molecule has 2 rings (SSSR count). The molecule has 1 heterocycles. The third-order valence-electron chi connectivity index (χ3n) is 4.31. The molecule has 1 aromatic heterocycles. The van der Waals surface area contributed by atoms with Crippen molar-refractivity contribution < 1.29 is 17.2 Å².